The van der Waals surface area contributed by atoms with Crippen molar-refractivity contribution in [1.29, 1.82) is 0 Å². The predicted octanol–water partition coefficient (Wildman–Crippen LogP) is 2.94. The zero-order valence-electron chi connectivity index (χ0n) is 11.9. The summed E-state index contributed by atoms with van der Waals surface area (Å²) < 4.78 is 4.98. The molecule has 0 amide bonds. The fourth-order valence-corrected chi connectivity index (χ4v) is 2.10. The Bertz CT molecular complexity index is 600. The van der Waals surface area contributed by atoms with Crippen molar-refractivity contribution < 1.29 is 9.66 Å². The smallest absolute Gasteiger partial charge is 0.311 e. The van der Waals surface area contributed by atoms with E-state index in [1.807, 2.05) is 24.3 Å². The topological polar surface area (TPSA) is 64.4 Å². The summed E-state index contributed by atoms with van der Waals surface area (Å²) in [6, 6.07) is 15.2. The van der Waals surface area contributed by atoms with Crippen LogP contribution >= 0.6 is 0 Å². The van der Waals surface area contributed by atoms with Crippen LogP contribution < -0.4 is 10.1 Å². The highest BCUT2D eigenvalue weighted by Crippen LogP contribution is 2.27. The molecular weight excluding hydrogens is 268 g/mol. The SMILES string of the molecule is COc1ccc(CNCCc2ccccc2)cc1[N+](=O)[O-]. The molecule has 2 aromatic rings. The summed E-state index contributed by atoms with van der Waals surface area (Å²) in [5, 5.41) is 14.2. The minimum Gasteiger partial charge on any atom is -0.490 e. The molecule has 21 heavy (non-hydrogen) atoms. The van der Waals surface area contributed by atoms with Gasteiger partial charge in [0.05, 0.1) is 12.0 Å². The average molecular weight is 286 g/mol. The van der Waals surface area contributed by atoms with Gasteiger partial charge in [0.25, 0.3) is 0 Å². The third-order valence-electron chi connectivity index (χ3n) is 3.20. The van der Waals surface area contributed by atoms with Gasteiger partial charge >= 0.3 is 5.69 Å². The number of hydrogen-bond donors (Lipinski definition) is 1. The Kier molecular flexibility index (Phi) is 5.29. The first-order valence-corrected chi connectivity index (χ1v) is 6.76. The molecule has 0 spiro atoms. The van der Waals surface area contributed by atoms with Crippen molar-refractivity contribution in [3.8, 4) is 5.75 Å². The van der Waals surface area contributed by atoms with Gasteiger partial charge in [-0.05, 0) is 30.2 Å². The van der Waals surface area contributed by atoms with Crippen LogP contribution in [0.5, 0.6) is 5.75 Å². The summed E-state index contributed by atoms with van der Waals surface area (Å²) in [5.74, 6) is 0.285. The van der Waals surface area contributed by atoms with E-state index >= 15 is 0 Å². The lowest BCUT2D eigenvalue weighted by molar-refractivity contribution is -0.385. The van der Waals surface area contributed by atoms with Crippen molar-refractivity contribution in [2.45, 2.75) is 13.0 Å². The molecule has 0 aromatic heterocycles. The molecule has 0 fully saturated rings. The van der Waals surface area contributed by atoms with E-state index in [2.05, 4.69) is 17.4 Å². The van der Waals surface area contributed by atoms with Gasteiger partial charge in [0.15, 0.2) is 5.75 Å². The van der Waals surface area contributed by atoms with Crippen LogP contribution in [-0.2, 0) is 13.0 Å². The molecule has 5 nitrogen and oxygen atoms in total. The van der Waals surface area contributed by atoms with Gasteiger partial charge in [-0.15, -0.1) is 0 Å². The Morgan fingerprint density at radius 2 is 1.90 bits per heavy atom. The van der Waals surface area contributed by atoms with Crippen LogP contribution in [0.2, 0.25) is 0 Å². The molecule has 0 aliphatic heterocycles. The van der Waals surface area contributed by atoms with Crippen LogP contribution in [0.25, 0.3) is 0 Å². The van der Waals surface area contributed by atoms with Crippen molar-refractivity contribution in [3.63, 3.8) is 0 Å². The monoisotopic (exact) mass is 286 g/mol. The Balaban J connectivity index is 1.88. The Morgan fingerprint density at radius 1 is 1.14 bits per heavy atom. The van der Waals surface area contributed by atoms with Crippen molar-refractivity contribution in [1.82, 2.24) is 5.32 Å². The summed E-state index contributed by atoms with van der Waals surface area (Å²) in [5.41, 5.74) is 2.14. The van der Waals surface area contributed by atoms with Gasteiger partial charge in [-0.3, -0.25) is 10.1 Å². The molecule has 0 heterocycles. The minimum absolute atomic E-state index is 0.000130. The zero-order chi connectivity index (χ0) is 15.1. The second kappa shape index (κ2) is 7.40. The highest BCUT2D eigenvalue weighted by molar-refractivity contribution is 5.48. The molecule has 0 atom stereocenters. The summed E-state index contributed by atoms with van der Waals surface area (Å²) in [4.78, 5) is 10.5. The fourth-order valence-electron chi connectivity index (χ4n) is 2.10. The van der Waals surface area contributed by atoms with Gasteiger partial charge < -0.3 is 10.1 Å². The molecule has 0 saturated carbocycles. The molecule has 5 heteroatoms. The zero-order valence-corrected chi connectivity index (χ0v) is 11.9. The molecular formula is C16H18N2O3. The molecule has 2 aromatic carbocycles. The van der Waals surface area contributed by atoms with E-state index in [1.165, 1.54) is 12.7 Å². The molecule has 0 radical (unpaired) electrons. The standard InChI is InChI=1S/C16H18N2O3/c1-21-16-8-7-14(11-15(16)18(19)20)12-17-10-9-13-5-3-2-4-6-13/h2-8,11,17H,9-10,12H2,1H3. The molecule has 2 rings (SSSR count). The van der Waals surface area contributed by atoms with Crippen molar-refractivity contribution in [3.05, 3.63) is 69.8 Å². The van der Waals surface area contributed by atoms with Crippen LogP contribution in [-0.4, -0.2) is 18.6 Å². The predicted molar refractivity (Wildman–Crippen MR) is 81.5 cm³/mol. The maximum Gasteiger partial charge on any atom is 0.311 e. The van der Waals surface area contributed by atoms with Crippen LogP contribution in [0.4, 0.5) is 5.69 Å². The minimum atomic E-state index is -0.424. The maximum absolute atomic E-state index is 11.0. The van der Waals surface area contributed by atoms with Crippen LogP contribution in [0, 0.1) is 10.1 Å². The van der Waals surface area contributed by atoms with E-state index in [0.29, 0.717) is 6.54 Å². The maximum atomic E-state index is 11.0. The second-order valence-corrected chi connectivity index (χ2v) is 4.68. The van der Waals surface area contributed by atoms with Gasteiger partial charge in [0, 0.05) is 12.6 Å². The van der Waals surface area contributed by atoms with Crippen molar-refractivity contribution in [2.75, 3.05) is 13.7 Å². The van der Waals surface area contributed by atoms with Crippen LogP contribution in [0.15, 0.2) is 48.5 Å². The van der Waals surface area contributed by atoms with Crippen LogP contribution in [0.3, 0.4) is 0 Å². The Morgan fingerprint density at radius 3 is 2.57 bits per heavy atom. The molecule has 1 N–H and O–H groups in total. The third-order valence-corrected chi connectivity index (χ3v) is 3.20. The van der Waals surface area contributed by atoms with E-state index in [4.69, 9.17) is 4.74 Å². The van der Waals surface area contributed by atoms with Gasteiger partial charge in [-0.25, -0.2) is 0 Å². The number of nitro groups is 1. The number of rotatable bonds is 7. The quantitative estimate of drug-likeness (QED) is 0.483. The molecule has 0 saturated heterocycles. The van der Waals surface area contributed by atoms with Crippen molar-refractivity contribution in [2.24, 2.45) is 0 Å². The number of nitrogens with zero attached hydrogens (tertiary/aromatic N) is 1. The number of benzene rings is 2. The first-order chi connectivity index (χ1) is 10.2. The summed E-state index contributed by atoms with van der Waals surface area (Å²) in [6.45, 7) is 1.42. The molecule has 0 aliphatic rings. The van der Waals surface area contributed by atoms with E-state index < -0.39 is 4.92 Å². The summed E-state index contributed by atoms with van der Waals surface area (Å²) in [7, 11) is 1.43. The van der Waals surface area contributed by atoms with E-state index in [1.54, 1.807) is 12.1 Å². The van der Waals surface area contributed by atoms with Gasteiger partial charge in [0.1, 0.15) is 0 Å². The fraction of sp³-hybridized carbons (Fsp3) is 0.250. The van der Waals surface area contributed by atoms with Gasteiger partial charge in [-0.1, -0.05) is 36.4 Å². The number of nitrogens with one attached hydrogen (secondary N) is 1. The molecule has 0 bridgehead atoms. The Labute approximate surface area is 123 Å². The average Bonchev–Trinajstić information content (AvgIpc) is 2.52. The first kappa shape index (κ1) is 15.0. The lowest BCUT2D eigenvalue weighted by Gasteiger charge is -2.07. The highest BCUT2D eigenvalue weighted by Gasteiger charge is 2.14. The number of nitro benzene ring substituents is 1. The third kappa shape index (κ3) is 4.29. The van der Waals surface area contributed by atoms with Gasteiger partial charge in [-0.2, -0.15) is 0 Å². The van der Waals surface area contributed by atoms with E-state index in [9.17, 15) is 10.1 Å². The molecule has 110 valence electrons. The van der Waals surface area contributed by atoms with Crippen LogP contribution in [0.1, 0.15) is 11.1 Å². The van der Waals surface area contributed by atoms with Crippen molar-refractivity contribution >= 4 is 5.69 Å². The highest BCUT2D eigenvalue weighted by atomic mass is 16.6. The van der Waals surface area contributed by atoms with E-state index in [0.717, 1.165) is 18.5 Å². The number of ether oxygens (including phenoxy) is 1. The lowest BCUT2D eigenvalue weighted by atomic mass is 10.1. The summed E-state index contributed by atoms with van der Waals surface area (Å²) in [6.07, 6.45) is 0.930. The largest absolute Gasteiger partial charge is 0.490 e. The lowest BCUT2D eigenvalue weighted by Crippen LogP contribution is -2.16. The van der Waals surface area contributed by atoms with Gasteiger partial charge in [0.2, 0.25) is 0 Å². The molecule has 0 aliphatic carbocycles. The number of hydrogen-bond acceptors (Lipinski definition) is 4. The number of methoxy groups -OCH3 is 1. The summed E-state index contributed by atoms with van der Waals surface area (Å²) >= 11 is 0. The van der Waals surface area contributed by atoms with E-state index in [-0.39, 0.29) is 11.4 Å². The Hall–Kier alpha value is -2.40. The first-order valence-electron chi connectivity index (χ1n) is 6.76. The normalized spacial score (nSPS) is 10.3. The molecule has 0 unspecified atom stereocenters. The second-order valence-electron chi connectivity index (χ2n) is 4.68.